The molecule has 1 aromatic rings. The highest BCUT2D eigenvalue weighted by Crippen LogP contribution is 2.18. The molecular weight excluding hydrogens is 196 g/mol. The fourth-order valence-electron chi connectivity index (χ4n) is 1.35. The zero-order valence-electron chi connectivity index (χ0n) is 8.23. The Morgan fingerprint density at radius 3 is 2.57 bits per heavy atom. The molecule has 1 rings (SSSR count). The number of benzene rings is 1. The van der Waals surface area contributed by atoms with Crippen molar-refractivity contribution in [1.29, 1.82) is 0 Å². The van der Waals surface area contributed by atoms with Crippen molar-refractivity contribution in [2.24, 2.45) is 0 Å². The SMILES string of the molecule is C=CS(=O)(=O)c1ccccc1CCC. The monoisotopic (exact) mass is 210 g/mol. The van der Waals surface area contributed by atoms with E-state index in [1.54, 1.807) is 12.1 Å². The van der Waals surface area contributed by atoms with Crippen molar-refractivity contribution in [2.75, 3.05) is 0 Å². The van der Waals surface area contributed by atoms with Gasteiger partial charge in [-0.05, 0) is 18.1 Å². The molecule has 0 aromatic heterocycles. The Hall–Kier alpha value is -1.09. The van der Waals surface area contributed by atoms with Gasteiger partial charge in [-0.25, -0.2) is 8.42 Å². The lowest BCUT2D eigenvalue weighted by Gasteiger charge is -2.05. The molecule has 76 valence electrons. The molecule has 0 heterocycles. The Labute approximate surface area is 85.2 Å². The van der Waals surface area contributed by atoms with Crippen molar-refractivity contribution in [2.45, 2.75) is 24.7 Å². The molecule has 0 N–H and O–H groups in total. The highest BCUT2D eigenvalue weighted by atomic mass is 32.2. The quantitative estimate of drug-likeness (QED) is 0.765. The molecule has 0 unspecified atom stereocenters. The van der Waals surface area contributed by atoms with Crippen LogP contribution in [0.5, 0.6) is 0 Å². The van der Waals surface area contributed by atoms with Gasteiger partial charge in [0.2, 0.25) is 0 Å². The van der Waals surface area contributed by atoms with Crippen LogP contribution >= 0.6 is 0 Å². The lowest BCUT2D eigenvalue weighted by Crippen LogP contribution is -2.00. The predicted octanol–water partition coefficient (Wildman–Crippen LogP) is 2.56. The summed E-state index contributed by atoms with van der Waals surface area (Å²) in [7, 11) is -3.29. The van der Waals surface area contributed by atoms with Gasteiger partial charge in [-0.3, -0.25) is 0 Å². The molecule has 0 atom stereocenters. The highest BCUT2D eigenvalue weighted by molar-refractivity contribution is 7.94. The van der Waals surface area contributed by atoms with Crippen LogP contribution in [0.25, 0.3) is 0 Å². The first-order valence-electron chi connectivity index (χ1n) is 4.57. The molecule has 0 radical (unpaired) electrons. The molecule has 0 aliphatic carbocycles. The molecule has 1 aromatic carbocycles. The lowest BCUT2D eigenvalue weighted by atomic mass is 10.1. The van der Waals surface area contributed by atoms with Gasteiger partial charge in [0.25, 0.3) is 0 Å². The topological polar surface area (TPSA) is 34.1 Å². The number of hydrogen-bond acceptors (Lipinski definition) is 2. The first-order chi connectivity index (χ1) is 6.61. The van der Waals surface area contributed by atoms with E-state index in [9.17, 15) is 8.42 Å². The van der Waals surface area contributed by atoms with Crippen LogP contribution in [0.1, 0.15) is 18.9 Å². The summed E-state index contributed by atoms with van der Waals surface area (Å²) in [5.74, 6) is 0. The largest absolute Gasteiger partial charge is 0.219 e. The minimum Gasteiger partial charge on any atom is -0.219 e. The number of rotatable bonds is 4. The summed E-state index contributed by atoms with van der Waals surface area (Å²) < 4.78 is 23.2. The van der Waals surface area contributed by atoms with Crippen molar-refractivity contribution < 1.29 is 8.42 Å². The molecular formula is C11H14O2S. The second-order valence-electron chi connectivity index (χ2n) is 3.07. The van der Waals surface area contributed by atoms with Crippen LogP contribution in [0.15, 0.2) is 41.1 Å². The molecule has 2 nitrogen and oxygen atoms in total. The first-order valence-corrected chi connectivity index (χ1v) is 6.12. The summed E-state index contributed by atoms with van der Waals surface area (Å²) in [5.41, 5.74) is 0.870. The molecule has 0 bridgehead atoms. The van der Waals surface area contributed by atoms with Crippen LogP contribution in [-0.2, 0) is 16.3 Å². The van der Waals surface area contributed by atoms with Crippen LogP contribution < -0.4 is 0 Å². The summed E-state index contributed by atoms with van der Waals surface area (Å²) in [6.07, 6.45) is 1.72. The van der Waals surface area contributed by atoms with Crippen LogP contribution in [0.3, 0.4) is 0 Å². The molecule has 3 heteroatoms. The van der Waals surface area contributed by atoms with Gasteiger partial charge in [0.15, 0.2) is 9.84 Å². The minimum absolute atomic E-state index is 0.386. The average molecular weight is 210 g/mol. The molecule has 0 fully saturated rings. The van der Waals surface area contributed by atoms with Gasteiger partial charge < -0.3 is 0 Å². The van der Waals surface area contributed by atoms with Gasteiger partial charge in [-0.15, -0.1) is 0 Å². The van der Waals surface area contributed by atoms with E-state index in [1.165, 1.54) is 0 Å². The van der Waals surface area contributed by atoms with E-state index in [1.807, 2.05) is 19.1 Å². The molecule has 0 aliphatic rings. The average Bonchev–Trinajstić information content (AvgIpc) is 2.19. The molecule has 0 spiro atoms. The van der Waals surface area contributed by atoms with E-state index in [4.69, 9.17) is 0 Å². The van der Waals surface area contributed by atoms with Gasteiger partial charge in [-0.1, -0.05) is 38.1 Å². The van der Waals surface area contributed by atoms with Crippen molar-refractivity contribution in [3.05, 3.63) is 41.8 Å². The Kier molecular flexibility index (Phi) is 3.47. The molecule has 0 saturated heterocycles. The summed E-state index contributed by atoms with van der Waals surface area (Å²) in [6, 6.07) is 7.06. The fourth-order valence-corrected chi connectivity index (χ4v) is 2.33. The summed E-state index contributed by atoms with van der Waals surface area (Å²) in [4.78, 5) is 0.386. The second-order valence-corrected chi connectivity index (χ2v) is 4.93. The summed E-state index contributed by atoms with van der Waals surface area (Å²) in [5, 5.41) is 1.00. The molecule has 14 heavy (non-hydrogen) atoms. The third-order valence-electron chi connectivity index (χ3n) is 2.02. The Morgan fingerprint density at radius 2 is 2.00 bits per heavy atom. The molecule has 0 amide bonds. The van der Waals surface area contributed by atoms with Gasteiger partial charge in [0.05, 0.1) is 4.90 Å². The van der Waals surface area contributed by atoms with E-state index in [0.29, 0.717) is 4.90 Å². The van der Waals surface area contributed by atoms with E-state index >= 15 is 0 Å². The van der Waals surface area contributed by atoms with Crippen molar-refractivity contribution in [3.8, 4) is 0 Å². The van der Waals surface area contributed by atoms with E-state index in [-0.39, 0.29) is 0 Å². The Balaban J connectivity index is 3.27. The van der Waals surface area contributed by atoms with Crippen LogP contribution in [0, 0.1) is 0 Å². The van der Waals surface area contributed by atoms with Crippen molar-refractivity contribution in [3.63, 3.8) is 0 Å². The molecule has 0 aliphatic heterocycles. The maximum absolute atomic E-state index is 11.6. The number of sulfone groups is 1. The van der Waals surface area contributed by atoms with E-state index < -0.39 is 9.84 Å². The second kappa shape index (κ2) is 4.42. The third kappa shape index (κ3) is 2.23. The van der Waals surface area contributed by atoms with Gasteiger partial charge >= 0.3 is 0 Å². The smallest absolute Gasteiger partial charge is 0.199 e. The zero-order valence-corrected chi connectivity index (χ0v) is 9.05. The first kappa shape index (κ1) is 11.0. The lowest BCUT2D eigenvalue weighted by molar-refractivity contribution is 0.603. The predicted molar refractivity (Wildman–Crippen MR) is 57.8 cm³/mol. The van der Waals surface area contributed by atoms with Gasteiger partial charge in [0.1, 0.15) is 0 Å². The summed E-state index contributed by atoms with van der Waals surface area (Å²) >= 11 is 0. The summed E-state index contributed by atoms with van der Waals surface area (Å²) in [6.45, 7) is 5.35. The fraction of sp³-hybridized carbons (Fsp3) is 0.273. The third-order valence-corrected chi connectivity index (χ3v) is 3.47. The van der Waals surface area contributed by atoms with Crippen LogP contribution in [-0.4, -0.2) is 8.42 Å². The minimum atomic E-state index is -3.29. The van der Waals surface area contributed by atoms with Crippen LogP contribution in [0.2, 0.25) is 0 Å². The standard InChI is InChI=1S/C11H14O2S/c1-3-7-10-8-5-6-9-11(10)14(12,13)4-2/h4-6,8-9H,2-3,7H2,1H3. The number of hydrogen-bond donors (Lipinski definition) is 0. The maximum Gasteiger partial charge on any atom is 0.199 e. The normalized spacial score (nSPS) is 11.2. The van der Waals surface area contributed by atoms with Crippen LogP contribution in [0.4, 0.5) is 0 Å². The zero-order chi connectivity index (χ0) is 10.6. The Bertz CT molecular complexity index is 419. The van der Waals surface area contributed by atoms with Crippen molar-refractivity contribution in [1.82, 2.24) is 0 Å². The van der Waals surface area contributed by atoms with Gasteiger partial charge in [-0.2, -0.15) is 0 Å². The number of aryl methyl sites for hydroxylation is 1. The Morgan fingerprint density at radius 1 is 1.36 bits per heavy atom. The molecule has 0 saturated carbocycles. The van der Waals surface area contributed by atoms with E-state index in [0.717, 1.165) is 23.8 Å². The van der Waals surface area contributed by atoms with Crippen molar-refractivity contribution >= 4 is 9.84 Å². The van der Waals surface area contributed by atoms with E-state index in [2.05, 4.69) is 6.58 Å². The highest BCUT2D eigenvalue weighted by Gasteiger charge is 2.13. The van der Waals surface area contributed by atoms with Gasteiger partial charge in [0, 0.05) is 5.41 Å². The maximum atomic E-state index is 11.6.